The van der Waals surface area contributed by atoms with E-state index in [4.69, 9.17) is 9.47 Å². The molecule has 2 aliphatic heterocycles. The van der Waals surface area contributed by atoms with Crippen molar-refractivity contribution in [2.75, 3.05) is 49.5 Å². The van der Waals surface area contributed by atoms with Crippen molar-refractivity contribution in [1.82, 2.24) is 14.9 Å². The van der Waals surface area contributed by atoms with Gasteiger partial charge in [0.05, 0.1) is 19.2 Å². The highest BCUT2D eigenvalue weighted by Crippen LogP contribution is 2.32. The number of methoxy groups -OCH3 is 2. The maximum absolute atomic E-state index is 13.3. The maximum atomic E-state index is 13.3. The maximum Gasteiger partial charge on any atom is 0.328 e. The molecule has 0 spiro atoms. The minimum Gasteiger partial charge on any atom is -0.481 e. The van der Waals surface area contributed by atoms with E-state index in [9.17, 15) is 14.9 Å². The number of rotatable bonds is 9. The van der Waals surface area contributed by atoms with E-state index in [1.54, 1.807) is 34.7 Å². The highest BCUT2D eigenvalue weighted by atomic mass is 32.2. The fraction of sp³-hybridized carbons (Fsp3) is 0.500. The number of ether oxygens (including phenoxy) is 2. The molecule has 0 saturated carbocycles. The lowest BCUT2D eigenvalue weighted by molar-refractivity contribution is -0.136. The van der Waals surface area contributed by atoms with Gasteiger partial charge in [-0.2, -0.15) is 22.0 Å². The summed E-state index contributed by atoms with van der Waals surface area (Å²) in [5.74, 6) is 2.29. The van der Waals surface area contributed by atoms with E-state index in [1.807, 2.05) is 6.07 Å². The van der Waals surface area contributed by atoms with Crippen LogP contribution in [0.3, 0.4) is 0 Å². The molecule has 11 heteroatoms. The molecule has 4 rings (SSSR count). The number of anilines is 2. The van der Waals surface area contributed by atoms with E-state index >= 15 is 0 Å². The first kappa shape index (κ1) is 26.7. The largest absolute Gasteiger partial charge is 0.481 e. The summed E-state index contributed by atoms with van der Waals surface area (Å²) in [5.41, 5.74) is 3.13. The van der Waals surface area contributed by atoms with Gasteiger partial charge in [-0.25, -0.2) is 9.78 Å². The summed E-state index contributed by atoms with van der Waals surface area (Å²) in [6, 6.07) is 5.60. The van der Waals surface area contributed by atoms with Gasteiger partial charge >= 0.3 is 6.03 Å². The summed E-state index contributed by atoms with van der Waals surface area (Å²) >= 11 is 1.76. The standard InChI is InChI=1S/C26H32N6O4S/c1-35-21-8-10-31(25(21)33)16-19-12-18-6-4-9-32(23(18)30-24(19)36-2)26(34)29-22-13-17(7-5-11-37-3)20(14-27)15-28-22/h12-13,15,21H,4-11,16H2,1-3H3,(H,28,29,34)/t21-/m0/s1. The molecule has 0 aromatic carbocycles. The van der Waals surface area contributed by atoms with Crippen molar-refractivity contribution < 1.29 is 19.1 Å². The Balaban J connectivity index is 1.53. The Kier molecular flexibility index (Phi) is 8.84. The molecule has 2 aromatic heterocycles. The van der Waals surface area contributed by atoms with Crippen LogP contribution in [0.2, 0.25) is 0 Å². The fourth-order valence-corrected chi connectivity index (χ4v) is 5.20. The predicted molar refractivity (Wildman–Crippen MR) is 142 cm³/mol. The van der Waals surface area contributed by atoms with Gasteiger partial charge in [-0.15, -0.1) is 0 Å². The van der Waals surface area contributed by atoms with Crippen molar-refractivity contribution in [3.63, 3.8) is 0 Å². The average molecular weight is 525 g/mol. The zero-order valence-electron chi connectivity index (χ0n) is 21.5. The second kappa shape index (κ2) is 12.3. The Morgan fingerprint density at radius 3 is 2.84 bits per heavy atom. The van der Waals surface area contributed by atoms with Crippen LogP contribution < -0.4 is 15.0 Å². The Morgan fingerprint density at radius 1 is 1.30 bits per heavy atom. The van der Waals surface area contributed by atoms with Crippen LogP contribution in [0.4, 0.5) is 16.4 Å². The average Bonchev–Trinajstić information content (AvgIpc) is 3.26. The Hall–Kier alpha value is -3.36. The third-order valence-electron chi connectivity index (χ3n) is 6.67. The molecule has 2 aliphatic rings. The molecule has 10 nitrogen and oxygen atoms in total. The third-order valence-corrected chi connectivity index (χ3v) is 7.37. The third kappa shape index (κ3) is 5.97. The molecule has 0 unspecified atom stereocenters. The highest BCUT2D eigenvalue weighted by molar-refractivity contribution is 7.98. The van der Waals surface area contributed by atoms with Crippen LogP contribution in [0.1, 0.15) is 41.5 Å². The van der Waals surface area contributed by atoms with E-state index in [0.29, 0.717) is 49.1 Å². The van der Waals surface area contributed by atoms with Crippen LogP contribution in [0, 0.1) is 11.3 Å². The Bertz CT molecular complexity index is 1200. The normalized spacial score (nSPS) is 16.9. The molecule has 0 aliphatic carbocycles. The fourth-order valence-electron chi connectivity index (χ4n) is 4.76. The predicted octanol–water partition coefficient (Wildman–Crippen LogP) is 3.38. The summed E-state index contributed by atoms with van der Waals surface area (Å²) in [4.78, 5) is 38.1. The number of hydrogen-bond donors (Lipinski definition) is 1. The van der Waals surface area contributed by atoms with Crippen LogP contribution in [0.5, 0.6) is 5.88 Å². The van der Waals surface area contributed by atoms with Crippen LogP contribution in [0.25, 0.3) is 0 Å². The molecule has 1 saturated heterocycles. The van der Waals surface area contributed by atoms with E-state index in [2.05, 4.69) is 27.6 Å². The monoisotopic (exact) mass is 524 g/mol. The van der Waals surface area contributed by atoms with Gasteiger partial charge in [-0.05, 0) is 61.0 Å². The number of urea groups is 1. The van der Waals surface area contributed by atoms with Gasteiger partial charge < -0.3 is 14.4 Å². The zero-order valence-corrected chi connectivity index (χ0v) is 22.3. The zero-order chi connectivity index (χ0) is 26.4. The molecule has 196 valence electrons. The van der Waals surface area contributed by atoms with Crippen molar-refractivity contribution in [2.45, 2.75) is 44.8 Å². The number of amides is 3. The number of nitrogens with one attached hydrogen (secondary N) is 1. The summed E-state index contributed by atoms with van der Waals surface area (Å²) in [5, 5.41) is 12.3. The molecule has 2 aromatic rings. The number of fused-ring (bicyclic) bond motifs is 1. The number of aromatic nitrogens is 2. The number of pyridine rings is 2. The number of aryl methyl sites for hydroxylation is 2. The minimum absolute atomic E-state index is 0.0361. The molecular weight excluding hydrogens is 492 g/mol. The molecule has 0 bridgehead atoms. The number of nitriles is 1. The molecule has 1 N–H and O–H groups in total. The van der Waals surface area contributed by atoms with Gasteiger partial charge in [0, 0.05) is 38.4 Å². The van der Waals surface area contributed by atoms with Gasteiger partial charge in [-0.1, -0.05) is 0 Å². The van der Waals surface area contributed by atoms with Crippen molar-refractivity contribution in [3.8, 4) is 11.9 Å². The quantitative estimate of drug-likeness (QED) is 0.496. The molecule has 1 atom stereocenters. The topological polar surface area (TPSA) is 121 Å². The van der Waals surface area contributed by atoms with Crippen LogP contribution in [-0.4, -0.2) is 72.2 Å². The van der Waals surface area contributed by atoms with Gasteiger partial charge in [0.25, 0.3) is 5.91 Å². The second-order valence-electron chi connectivity index (χ2n) is 9.03. The smallest absolute Gasteiger partial charge is 0.328 e. The number of nitrogens with zero attached hydrogens (tertiary/aromatic N) is 5. The number of hydrogen-bond acceptors (Lipinski definition) is 8. The summed E-state index contributed by atoms with van der Waals surface area (Å²) in [7, 11) is 3.08. The van der Waals surface area contributed by atoms with E-state index in [1.165, 1.54) is 13.3 Å². The summed E-state index contributed by atoms with van der Waals surface area (Å²) < 4.78 is 10.8. The first-order chi connectivity index (χ1) is 18.0. The van der Waals surface area contributed by atoms with E-state index < -0.39 is 6.10 Å². The highest BCUT2D eigenvalue weighted by Gasteiger charge is 2.33. The lowest BCUT2D eigenvalue weighted by Gasteiger charge is -2.29. The van der Waals surface area contributed by atoms with Gasteiger partial charge in [-0.3, -0.25) is 15.0 Å². The van der Waals surface area contributed by atoms with Crippen LogP contribution >= 0.6 is 11.8 Å². The van der Waals surface area contributed by atoms with Crippen LogP contribution in [-0.2, 0) is 28.9 Å². The lowest BCUT2D eigenvalue weighted by Crippen LogP contribution is -2.39. The molecular formula is C26H32N6O4S. The molecule has 1 fully saturated rings. The Labute approximate surface area is 221 Å². The van der Waals surface area contributed by atoms with Crippen molar-refractivity contribution in [3.05, 3.63) is 40.6 Å². The van der Waals surface area contributed by atoms with Gasteiger partial charge in [0.15, 0.2) is 0 Å². The van der Waals surface area contributed by atoms with E-state index in [0.717, 1.165) is 48.1 Å². The molecule has 4 heterocycles. The van der Waals surface area contributed by atoms with Crippen molar-refractivity contribution in [1.29, 1.82) is 5.26 Å². The number of carbonyl (C=O) groups excluding carboxylic acids is 2. The van der Waals surface area contributed by atoms with Gasteiger partial charge in [0.1, 0.15) is 23.8 Å². The first-order valence-corrected chi connectivity index (χ1v) is 13.7. The minimum atomic E-state index is -0.405. The van der Waals surface area contributed by atoms with Crippen molar-refractivity contribution in [2.24, 2.45) is 0 Å². The number of carbonyl (C=O) groups is 2. The van der Waals surface area contributed by atoms with Gasteiger partial charge in [0.2, 0.25) is 5.88 Å². The van der Waals surface area contributed by atoms with Crippen LogP contribution in [0.15, 0.2) is 18.3 Å². The first-order valence-electron chi connectivity index (χ1n) is 12.3. The molecule has 37 heavy (non-hydrogen) atoms. The molecule has 3 amide bonds. The number of likely N-dealkylation sites (tertiary alicyclic amines) is 1. The van der Waals surface area contributed by atoms with Crippen molar-refractivity contribution >= 4 is 35.3 Å². The summed E-state index contributed by atoms with van der Waals surface area (Å²) in [6.07, 6.45) is 7.05. The van der Waals surface area contributed by atoms with E-state index in [-0.39, 0.29) is 11.9 Å². The SMILES string of the molecule is COc1nc2c(cc1CN1CC[C@H](OC)C1=O)CCCN2C(=O)Nc1cc(CCCSC)c(C#N)cn1. The number of thioether (sulfide) groups is 1. The lowest BCUT2D eigenvalue weighted by atomic mass is 10.0. The Morgan fingerprint density at radius 2 is 2.14 bits per heavy atom. The second-order valence-corrected chi connectivity index (χ2v) is 10.0. The summed E-state index contributed by atoms with van der Waals surface area (Å²) in [6.45, 7) is 1.50. The molecule has 0 radical (unpaired) electrons.